The molecule has 25 heavy (non-hydrogen) atoms. The van der Waals surface area contributed by atoms with Crippen molar-refractivity contribution < 1.29 is 9.84 Å². The minimum atomic E-state index is 0.0617. The van der Waals surface area contributed by atoms with Gasteiger partial charge in [0.05, 0.1) is 19.3 Å². The smallest absolute Gasteiger partial charge is 0.191 e. The summed E-state index contributed by atoms with van der Waals surface area (Å²) in [5.41, 5.74) is 0.753. The van der Waals surface area contributed by atoms with Crippen LogP contribution in [-0.4, -0.2) is 60.3 Å². The van der Waals surface area contributed by atoms with Gasteiger partial charge in [-0.15, -0.1) is 0 Å². The number of aliphatic hydroxyl groups is 1. The summed E-state index contributed by atoms with van der Waals surface area (Å²) in [6.07, 6.45) is 4.12. The first-order chi connectivity index (χ1) is 12.1. The molecule has 142 valence electrons. The third kappa shape index (κ3) is 5.60. The average molecular weight is 371 g/mol. The fourth-order valence-corrected chi connectivity index (χ4v) is 3.63. The molecule has 0 bridgehead atoms. The average Bonchev–Trinajstić information content (AvgIpc) is 3.04. The number of hydrogen-bond acceptors (Lipinski definition) is 9. The van der Waals surface area contributed by atoms with Crippen LogP contribution < -0.4 is 21.5 Å². The Balaban J connectivity index is 2.16. The molecule has 0 saturated heterocycles. The van der Waals surface area contributed by atoms with Crippen molar-refractivity contribution in [3.63, 3.8) is 0 Å². The molecule has 1 fully saturated rings. The van der Waals surface area contributed by atoms with Crippen LogP contribution in [0.1, 0.15) is 32.6 Å². The Morgan fingerprint density at radius 1 is 1.36 bits per heavy atom. The third-order valence-corrected chi connectivity index (χ3v) is 5.11. The third-order valence-electron chi connectivity index (χ3n) is 4.06. The number of thioether (sulfide) groups is 1. The lowest BCUT2D eigenvalue weighted by atomic mass is 10.2. The van der Waals surface area contributed by atoms with Gasteiger partial charge in [0.15, 0.2) is 16.8 Å². The van der Waals surface area contributed by atoms with Gasteiger partial charge in [-0.2, -0.15) is 0 Å². The molecule has 0 radical (unpaired) electrons. The van der Waals surface area contributed by atoms with E-state index in [-0.39, 0.29) is 18.8 Å². The normalized spacial score (nSPS) is 19.9. The van der Waals surface area contributed by atoms with E-state index >= 15 is 0 Å². The largest absolute Gasteiger partial charge is 0.394 e. The summed E-state index contributed by atoms with van der Waals surface area (Å²) in [7, 11) is 3.62. The number of nitrogens with two attached hydrogens (primary N) is 1. The number of hydrazine groups is 1. The minimum absolute atomic E-state index is 0.0617. The molecule has 2 atom stereocenters. The molecule has 1 aromatic heterocycles. The highest BCUT2D eigenvalue weighted by molar-refractivity contribution is 7.99. The monoisotopic (exact) mass is 370 g/mol. The van der Waals surface area contributed by atoms with Crippen LogP contribution >= 0.6 is 11.8 Å². The molecule has 9 heteroatoms. The number of nitrogens with one attached hydrogen (secondary N) is 2. The van der Waals surface area contributed by atoms with Crippen LogP contribution in [-0.2, 0) is 4.74 Å². The molecule has 1 aliphatic rings. The van der Waals surface area contributed by atoms with E-state index in [0.29, 0.717) is 12.4 Å². The van der Waals surface area contributed by atoms with Crippen LogP contribution in [0.25, 0.3) is 0 Å². The second-order valence-electron chi connectivity index (χ2n) is 6.13. The topological polar surface area (TPSA) is 109 Å². The zero-order chi connectivity index (χ0) is 18.2. The van der Waals surface area contributed by atoms with Gasteiger partial charge in [-0.1, -0.05) is 18.7 Å². The zero-order valence-corrected chi connectivity index (χ0v) is 16.1. The van der Waals surface area contributed by atoms with E-state index in [2.05, 4.69) is 27.5 Å². The highest BCUT2D eigenvalue weighted by Crippen LogP contribution is 2.34. The van der Waals surface area contributed by atoms with E-state index in [0.717, 1.165) is 48.1 Å². The van der Waals surface area contributed by atoms with Crippen LogP contribution in [0.2, 0.25) is 0 Å². The standard InChI is InChI=1S/C16H30N6O2S/c1-4-9-25-16-20-14(18-2)13(22(3)17)15(21-16)19-11-5-6-12(10-11)24-8-7-23/h11-12,23H,4-10,17H2,1-3H3,(H2,18,19,20,21). The van der Waals surface area contributed by atoms with Crippen molar-refractivity contribution in [2.45, 2.75) is 49.9 Å². The molecule has 1 heterocycles. The fourth-order valence-electron chi connectivity index (χ4n) is 2.94. The zero-order valence-electron chi connectivity index (χ0n) is 15.3. The molecule has 0 aromatic carbocycles. The molecule has 0 amide bonds. The number of ether oxygens (including phenoxy) is 1. The van der Waals surface area contributed by atoms with Crippen LogP contribution in [0.3, 0.4) is 0 Å². The van der Waals surface area contributed by atoms with Crippen molar-refractivity contribution in [1.29, 1.82) is 0 Å². The summed E-state index contributed by atoms with van der Waals surface area (Å²) in [5.74, 6) is 8.46. The molecule has 0 aliphatic heterocycles. The summed E-state index contributed by atoms with van der Waals surface area (Å²) in [6.45, 7) is 2.59. The first-order valence-electron chi connectivity index (χ1n) is 8.79. The number of anilines is 3. The number of hydrogen-bond donors (Lipinski definition) is 4. The SMILES string of the molecule is CCCSc1nc(NC)c(N(C)N)c(NC2CCC(OCCO)C2)n1. The Morgan fingerprint density at radius 3 is 2.76 bits per heavy atom. The molecule has 2 unspecified atom stereocenters. The van der Waals surface area contributed by atoms with Crippen LogP contribution in [0.5, 0.6) is 0 Å². The Hall–Kier alpha value is -1.29. The first kappa shape index (κ1) is 20.0. The maximum atomic E-state index is 8.90. The van der Waals surface area contributed by atoms with Crippen LogP contribution in [0.4, 0.5) is 17.3 Å². The predicted molar refractivity (Wildman–Crippen MR) is 103 cm³/mol. The molecule has 0 spiro atoms. The van der Waals surface area contributed by atoms with Gasteiger partial charge in [-0.3, -0.25) is 0 Å². The van der Waals surface area contributed by atoms with E-state index in [1.54, 1.807) is 18.8 Å². The van der Waals surface area contributed by atoms with E-state index in [1.807, 2.05) is 7.05 Å². The predicted octanol–water partition coefficient (Wildman–Crippen LogP) is 1.67. The van der Waals surface area contributed by atoms with Crippen molar-refractivity contribution >= 4 is 29.1 Å². The van der Waals surface area contributed by atoms with Crippen molar-refractivity contribution in [3.05, 3.63) is 0 Å². The molecule has 2 rings (SSSR count). The fraction of sp³-hybridized carbons (Fsp3) is 0.750. The van der Waals surface area contributed by atoms with Crippen molar-refractivity contribution in [2.75, 3.05) is 48.7 Å². The summed E-state index contributed by atoms with van der Waals surface area (Å²) in [4.78, 5) is 9.26. The molecule has 1 saturated carbocycles. The van der Waals surface area contributed by atoms with Gasteiger partial charge >= 0.3 is 0 Å². The van der Waals surface area contributed by atoms with E-state index in [1.165, 1.54) is 5.01 Å². The highest BCUT2D eigenvalue weighted by Gasteiger charge is 2.27. The van der Waals surface area contributed by atoms with Gasteiger partial charge in [0.2, 0.25) is 0 Å². The molecule has 8 nitrogen and oxygen atoms in total. The van der Waals surface area contributed by atoms with E-state index < -0.39 is 0 Å². The summed E-state index contributed by atoms with van der Waals surface area (Å²) >= 11 is 1.64. The Morgan fingerprint density at radius 2 is 2.12 bits per heavy atom. The van der Waals surface area contributed by atoms with Gasteiger partial charge in [0.25, 0.3) is 0 Å². The Bertz CT molecular complexity index is 546. The second-order valence-corrected chi connectivity index (χ2v) is 7.19. The minimum Gasteiger partial charge on any atom is -0.394 e. The van der Waals surface area contributed by atoms with E-state index in [9.17, 15) is 0 Å². The molecular weight excluding hydrogens is 340 g/mol. The lowest BCUT2D eigenvalue weighted by Gasteiger charge is -2.23. The Labute approximate surface area is 153 Å². The van der Waals surface area contributed by atoms with Gasteiger partial charge in [0, 0.05) is 25.9 Å². The maximum absolute atomic E-state index is 8.90. The van der Waals surface area contributed by atoms with Crippen molar-refractivity contribution in [2.24, 2.45) is 5.84 Å². The first-order valence-corrected chi connectivity index (χ1v) is 9.77. The van der Waals surface area contributed by atoms with Gasteiger partial charge in [0.1, 0.15) is 5.69 Å². The maximum Gasteiger partial charge on any atom is 0.191 e. The molecule has 5 N–H and O–H groups in total. The lowest BCUT2D eigenvalue weighted by molar-refractivity contribution is 0.0326. The second kappa shape index (κ2) is 10.0. The van der Waals surface area contributed by atoms with Crippen molar-refractivity contribution in [1.82, 2.24) is 9.97 Å². The van der Waals surface area contributed by atoms with E-state index in [4.69, 9.17) is 15.7 Å². The van der Waals surface area contributed by atoms with Crippen molar-refractivity contribution in [3.8, 4) is 0 Å². The summed E-state index contributed by atoms with van der Waals surface area (Å²) in [5, 5.41) is 17.8. The number of nitrogens with zero attached hydrogens (tertiary/aromatic N) is 3. The lowest BCUT2D eigenvalue weighted by Crippen LogP contribution is -2.29. The number of aromatic nitrogens is 2. The van der Waals surface area contributed by atoms with Gasteiger partial charge in [-0.25, -0.2) is 15.8 Å². The van der Waals surface area contributed by atoms with Crippen LogP contribution in [0.15, 0.2) is 5.16 Å². The highest BCUT2D eigenvalue weighted by atomic mass is 32.2. The quantitative estimate of drug-likeness (QED) is 0.212. The Kier molecular flexibility index (Phi) is 8.01. The van der Waals surface area contributed by atoms with Gasteiger partial charge < -0.3 is 25.5 Å². The number of aliphatic hydroxyl groups excluding tert-OH is 1. The van der Waals surface area contributed by atoms with Crippen LogP contribution in [0, 0.1) is 0 Å². The molecule has 1 aromatic rings. The summed E-state index contributed by atoms with van der Waals surface area (Å²) < 4.78 is 5.65. The van der Waals surface area contributed by atoms with Gasteiger partial charge in [-0.05, 0) is 25.7 Å². The molecule has 1 aliphatic carbocycles. The molecular formula is C16H30N6O2S. The summed E-state index contributed by atoms with van der Waals surface area (Å²) in [6, 6.07) is 0.269. The number of rotatable bonds is 10.